The van der Waals surface area contributed by atoms with Crippen LogP contribution in [0.25, 0.3) is 0 Å². The minimum absolute atomic E-state index is 0.468. The van der Waals surface area contributed by atoms with Crippen LogP contribution in [-0.2, 0) is 9.84 Å². The van der Waals surface area contributed by atoms with Gasteiger partial charge in [-0.1, -0.05) is 0 Å². The van der Waals surface area contributed by atoms with Gasteiger partial charge in [0.2, 0.25) is 0 Å². The molecule has 1 aliphatic heterocycles. The molecule has 0 aromatic rings. The average Bonchev–Trinajstić information content (AvgIpc) is 2.62. The number of hydrogen-bond acceptors (Lipinski definition) is 3. The molecule has 0 aromatic heterocycles. The van der Waals surface area contributed by atoms with E-state index in [0.29, 0.717) is 41.1 Å². The molecule has 3 rings (SSSR count). The molecule has 2 aliphatic carbocycles. The van der Waals surface area contributed by atoms with E-state index in [1.165, 1.54) is 12.8 Å². The maximum Gasteiger partial charge on any atom is 0.150 e. The summed E-state index contributed by atoms with van der Waals surface area (Å²) in [7, 11) is -2.68. The normalized spacial score (nSPS) is 53.6. The quantitative estimate of drug-likeness (QED) is 0.682. The van der Waals surface area contributed by atoms with Gasteiger partial charge in [0, 0.05) is 0 Å². The molecule has 1 saturated heterocycles. The van der Waals surface area contributed by atoms with Crippen molar-refractivity contribution in [1.29, 1.82) is 0 Å². The first-order chi connectivity index (χ1) is 6.61. The van der Waals surface area contributed by atoms with Gasteiger partial charge in [0.05, 0.1) is 11.5 Å². The third-order valence-corrected chi connectivity index (χ3v) is 6.42. The topological polar surface area (TPSA) is 60.2 Å². The summed E-state index contributed by atoms with van der Waals surface area (Å²) in [6.07, 6.45) is 2.38. The number of sulfone groups is 1. The summed E-state index contributed by atoms with van der Waals surface area (Å²) in [5.41, 5.74) is 5.67. The lowest BCUT2D eigenvalue weighted by Gasteiger charge is -2.44. The van der Waals surface area contributed by atoms with Crippen LogP contribution in [0.4, 0.5) is 0 Å². The van der Waals surface area contributed by atoms with Gasteiger partial charge in [-0.25, -0.2) is 8.42 Å². The highest BCUT2D eigenvalue weighted by atomic mass is 32.2. The van der Waals surface area contributed by atoms with Crippen molar-refractivity contribution in [2.75, 3.05) is 18.1 Å². The van der Waals surface area contributed by atoms with E-state index in [2.05, 4.69) is 0 Å². The standard InChI is InChI=1S/C10H17NO2S/c11-3-6-1-7-8(2-6)10-5-14(12,13)4-9(7)10/h6-10H,1-5,11H2/t7-,8-,9-,10-/m0/s1. The van der Waals surface area contributed by atoms with Crippen LogP contribution >= 0.6 is 0 Å². The molecule has 0 amide bonds. The maximum absolute atomic E-state index is 11.4. The van der Waals surface area contributed by atoms with Crippen molar-refractivity contribution in [3.8, 4) is 0 Å². The molecule has 0 aromatic carbocycles. The lowest BCUT2D eigenvalue weighted by Crippen LogP contribution is -2.42. The van der Waals surface area contributed by atoms with Crippen molar-refractivity contribution >= 4 is 9.84 Å². The van der Waals surface area contributed by atoms with Crippen molar-refractivity contribution in [2.24, 2.45) is 35.3 Å². The second-order valence-electron chi connectivity index (χ2n) is 5.31. The summed E-state index contributed by atoms with van der Waals surface area (Å²) in [4.78, 5) is 0. The first-order valence-corrected chi connectivity index (χ1v) is 7.33. The van der Waals surface area contributed by atoms with Crippen LogP contribution in [0.15, 0.2) is 0 Å². The Labute approximate surface area is 85.0 Å². The van der Waals surface area contributed by atoms with Crippen LogP contribution in [0.5, 0.6) is 0 Å². The third-order valence-electron chi connectivity index (χ3n) is 4.64. The van der Waals surface area contributed by atoms with Gasteiger partial charge in [0.15, 0.2) is 9.84 Å². The smallest absolute Gasteiger partial charge is 0.150 e. The fourth-order valence-corrected chi connectivity index (χ4v) is 6.33. The van der Waals surface area contributed by atoms with Crippen LogP contribution in [0.3, 0.4) is 0 Å². The Hall–Kier alpha value is -0.0900. The molecule has 0 radical (unpaired) electrons. The molecule has 0 bridgehead atoms. The maximum atomic E-state index is 11.4. The van der Waals surface area contributed by atoms with Crippen LogP contribution < -0.4 is 5.73 Å². The molecule has 0 unspecified atom stereocenters. The van der Waals surface area contributed by atoms with E-state index in [1.807, 2.05) is 0 Å². The van der Waals surface area contributed by atoms with Gasteiger partial charge < -0.3 is 5.73 Å². The number of fused-ring (bicyclic) bond motifs is 4. The Morgan fingerprint density at radius 3 is 1.93 bits per heavy atom. The molecule has 3 fully saturated rings. The Morgan fingerprint density at radius 1 is 1.00 bits per heavy atom. The fraction of sp³-hybridized carbons (Fsp3) is 1.00. The zero-order valence-corrected chi connectivity index (χ0v) is 9.04. The Bertz CT molecular complexity index is 325. The molecule has 4 atom stereocenters. The summed E-state index contributed by atoms with van der Waals surface area (Å²) in [5.74, 6) is 4.02. The molecule has 3 aliphatic rings. The van der Waals surface area contributed by atoms with Crippen LogP contribution in [0.1, 0.15) is 12.8 Å². The van der Waals surface area contributed by atoms with Crippen molar-refractivity contribution in [1.82, 2.24) is 0 Å². The molecule has 2 N–H and O–H groups in total. The van der Waals surface area contributed by atoms with Gasteiger partial charge in [-0.15, -0.1) is 0 Å². The molecule has 14 heavy (non-hydrogen) atoms. The van der Waals surface area contributed by atoms with Gasteiger partial charge in [0.1, 0.15) is 0 Å². The molecule has 3 nitrogen and oxygen atoms in total. The van der Waals surface area contributed by atoms with Crippen molar-refractivity contribution in [2.45, 2.75) is 12.8 Å². The summed E-state index contributed by atoms with van der Waals surface area (Å²) in [5, 5.41) is 0. The Morgan fingerprint density at radius 2 is 1.50 bits per heavy atom. The predicted octanol–water partition coefficient (Wildman–Crippen LogP) is 0.262. The molecular weight excluding hydrogens is 198 g/mol. The Balaban J connectivity index is 1.78. The third kappa shape index (κ3) is 1.10. The van der Waals surface area contributed by atoms with E-state index < -0.39 is 9.84 Å². The molecule has 2 saturated carbocycles. The van der Waals surface area contributed by atoms with E-state index in [1.54, 1.807) is 0 Å². The summed E-state index contributed by atoms with van der Waals surface area (Å²) in [6.45, 7) is 0.791. The van der Waals surface area contributed by atoms with Gasteiger partial charge in [0.25, 0.3) is 0 Å². The zero-order chi connectivity index (χ0) is 9.92. The zero-order valence-electron chi connectivity index (χ0n) is 8.22. The predicted molar refractivity (Wildman–Crippen MR) is 54.4 cm³/mol. The summed E-state index contributed by atoms with van der Waals surface area (Å²) >= 11 is 0. The van der Waals surface area contributed by atoms with Gasteiger partial charge in [-0.05, 0) is 49.0 Å². The van der Waals surface area contributed by atoms with E-state index in [4.69, 9.17) is 5.73 Å². The van der Waals surface area contributed by atoms with Crippen LogP contribution in [0.2, 0.25) is 0 Å². The minimum atomic E-state index is -2.68. The van der Waals surface area contributed by atoms with Gasteiger partial charge in [-0.3, -0.25) is 0 Å². The van der Waals surface area contributed by atoms with E-state index in [-0.39, 0.29) is 0 Å². The van der Waals surface area contributed by atoms with E-state index in [9.17, 15) is 8.42 Å². The first kappa shape index (κ1) is 9.16. The van der Waals surface area contributed by atoms with Crippen molar-refractivity contribution < 1.29 is 8.42 Å². The lowest BCUT2D eigenvalue weighted by molar-refractivity contribution is 0.0462. The van der Waals surface area contributed by atoms with E-state index >= 15 is 0 Å². The van der Waals surface area contributed by atoms with Crippen LogP contribution in [0, 0.1) is 29.6 Å². The van der Waals surface area contributed by atoms with Crippen molar-refractivity contribution in [3.05, 3.63) is 0 Å². The number of rotatable bonds is 1. The number of hydrogen-bond donors (Lipinski definition) is 1. The van der Waals surface area contributed by atoms with Gasteiger partial charge in [-0.2, -0.15) is 0 Å². The highest BCUT2D eigenvalue weighted by Crippen LogP contribution is 2.60. The SMILES string of the molecule is NCC1C[C@H]2[C@H](C1)[C@@H]1CS(=O)(=O)C[C@@H]21. The molecule has 1 heterocycles. The summed E-state index contributed by atoms with van der Waals surface area (Å²) in [6, 6.07) is 0. The first-order valence-electron chi connectivity index (χ1n) is 5.51. The monoisotopic (exact) mass is 215 g/mol. The largest absolute Gasteiger partial charge is 0.330 e. The lowest BCUT2D eigenvalue weighted by atomic mass is 9.60. The van der Waals surface area contributed by atoms with E-state index in [0.717, 1.165) is 6.54 Å². The summed E-state index contributed by atoms with van der Waals surface area (Å²) < 4.78 is 22.9. The molecule has 0 spiro atoms. The number of nitrogens with two attached hydrogens (primary N) is 1. The Kier molecular flexibility index (Phi) is 1.78. The highest BCUT2D eigenvalue weighted by molar-refractivity contribution is 7.91. The van der Waals surface area contributed by atoms with Crippen molar-refractivity contribution in [3.63, 3.8) is 0 Å². The molecule has 80 valence electrons. The molecular formula is C10H17NO2S. The fourth-order valence-electron chi connectivity index (χ4n) is 4.03. The highest BCUT2D eigenvalue weighted by Gasteiger charge is 2.59. The minimum Gasteiger partial charge on any atom is -0.330 e. The average molecular weight is 215 g/mol. The molecule has 4 heteroatoms. The second-order valence-corrected chi connectivity index (χ2v) is 7.46. The van der Waals surface area contributed by atoms with Crippen LogP contribution in [-0.4, -0.2) is 26.5 Å². The van der Waals surface area contributed by atoms with Gasteiger partial charge >= 0.3 is 0 Å². The second kappa shape index (κ2) is 2.73.